The maximum absolute atomic E-state index is 13.3. The SMILES string of the molecule is Cc1ccc(-c2ccc(=O)n(C(C)C(=O)Nc3ccccc3)n2)cc1S(=O)(=O)N1CCCCC1. The third kappa shape index (κ3) is 4.95. The number of aromatic nitrogens is 2. The first-order valence-corrected chi connectivity index (χ1v) is 12.8. The number of amides is 1. The lowest BCUT2D eigenvalue weighted by molar-refractivity contribution is -0.119. The summed E-state index contributed by atoms with van der Waals surface area (Å²) in [6.07, 6.45) is 2.74. The van der Waals surface area contributed by atoms with Crippen LogP contribution in [0.5, 0.6) is 0 Å². The minimum absolute atomic E-state index is 0.237. The summed E-state index contributed by atoms with van der Waals surface area (Å²) in [5.41, 5.74) is 1.82. The van der Waals surface area contributed by atoms with Gasteiger partial charge in [-0.1, -0.05) is 36.8 Å². The van der Waals surface area contributed by atoms with Crippen LogP contribution in [0.2, 0.25) is 0 Å². The Balaban J connectivity index is 1.65. The molecule has 1 aliphatic rings. The molecule has 34 heavy (non-hydrogen) atoms. The molecule has 1 N–H and O–H groups in total. The minimum Gasteiger partial charge on any atom is -0.324 e. The lowest BCUT2D eigenvalue weighted by Crippen LogP contribution is -2.36. The molecule has 1 aliphatic heterocycles. The molecule has 0 radical (unpaired) electrons. The van der Waals surface area contributed by atoms with E-state index < -0.39 is 21.6 Å². The van der Waals surface area contributed by atoms with Crippen molar-refractivity contribution in [1.29, 1.82) is 0 Å². The normalized spacial score (nSPS) is 15.6. The fourth-order valence-electron chi connectivity index (χ4n) is 4.02. The summed E-state index contributed by atoms with van der Waals surface area (Å²) in [5, 5.41) is 7.18. The number of hydrogen-bond donors (Lipinski definition) is 1. The highest BCUT2D eigenvalue weighted by Crippen LogP contribution is 2.27. The number of anilines is 1. The number of para-hydroxylation sites is 1. The van der Waals surface area contributed by atoms with Crippen LogP contribution < -0.4 is 10.9 Å². The predicted octanol–water partition coefficient (Wildman–Crippen LogP) is 3.59. The second-order valence-corrected chi connectivity index (χ2v) is 10.4. The first-order valence-electron chi connectivity index (χ1n) is 11.3. The van der Waals surface area contributed by atoms with Crippen molar-refractivity contribution in [3.05, 3.63) is 76.6 Å². The summed E-state index contributed by atoms with van der Waals surface area (Å²) in [6, 6.07) is 16.1. The van der Waals surface area contributed by atoms with Gasteiger partial charge in [0.1, 0.15) is 6.04 Å². The van der Waals surface area contributed by atoms with Gasteiger partial charge in [-0.15, -0.1) is 0 Å². The summed E-state index contributed by atoms with van der Waals surface area (Å²) in [7, 11) is -3.63. The van der Waals surface area contributed by atoms with Gasteiger partial charge < -0.3 is 5.32 Å². The van der Waals surface area contributed by atoms with Crippen molar-refractivity contribution >= 4 is 21.6 Å². The van der Waals surface area contributed by atoms with Crippen LogP contribution in [0.4, 0.5) is 5.69 Å². The van der Waals surface area contributed by atoms with Crippen molar-refractivity contribution < 1.29 is 13.2 Å². The van der Waals surface area contributed by atoms with E-state index in [4.69, 9.17) is 0 Å². The monoisotopic (exact) mass is 480 g/mol. The molecule has 1 unspecified atom stereocenters. The highest BCUT2D eigenvalue weighted by molar-refractivity contribution is 7.89. The second-order valence-electron chi connectivity index (χ2n) is 8.48. The number of piperidine rings is 1. The third-order valence-corrected chi connectivity index (χ3v) is 8.07. The molecule has 1 amide bonds. The van der Waals surface area contributed by atoms with Gasteiger partial charge in [-0.3, -0.25) is 9.59 Å². The molecule has 9 heteroatoms. The molecule has 8 nitrogen and oxygen atoms in total. The van der Waals surface area contributed by atoms with Crippen molar-refractivity contribution in [3.8, 4) is 11.3 Å². The van der Waals surface area contributed by atoms with Crippen molar-refractivity contribution in [2.75, 3.05) is 18.4 Å². The number of benzene rings is 2. The molecule has 0 bridgehead atoms. The van der Waals surface area contributed by atoms with Gasteiger partial charge in [-0.05, 0) is 56.5 Å². The van der Waals surface area contributed by atoms with E-state index in [0.717, 1.165) is 23.9 Å². The van der Waals surface area contributed by atoms with Crippen LogP contribution in [0.1, 0.15) is 37.8 Å². The maximum atomic E-state index is 13.3. The predicted molar refractivity (Wildman–Crippen MR) is 131 cm³/mol. The molecule has 0 saturated carbocycles. The largest absolute Gasteiger partial charge is 0.324 e. The molecule has 2 aromatic carbocycles. The van der Waals surface area contributed by atoms with Gasteiger partial charge in [-0.25, -0.2) is 13.1 Å². The maximum Gasteiger partial charge on any atom is 0.267 e. The Bertz CT molecular complexity index is 1350. The van der Waals surface area contributed by atoms with E-state index in [0.29, 0.717) is 35.6 Å². The van der Waals surface area contributed by atoms with Gasteiger partial charge in [0.05, 0.1) is 10.6 Å². The zero-order valence-electron chi connectivity index (χ0n) is 19.3. The van der Waals surface area contributed by atoms with Crippen LogP contribution in [-0.2, 0) is 14.8 Å². The number of aryl methyl sites for hydroxylation is 1. The van der Waals surface area contributed by atoms with Crippen LogP contribution in [0, 0.1) is 6.92 Å². The summed E-state index contributed by atoms with van der Waals surface area (Å²) in [4.78, 5) is 25.5. The highest BCUT2D eigenvalue weighted by atomic mass is 32.2. The Hall–Kier alpha value is -3.30. The molecule has 0 spiro atoms. The zero-order valence-corrected chi connectivity index (χ0v) is 20.1. The molecule has 1 aromatic heterocycles. The van der Waals surface area contributed by atoms with Gasteiger partial charge in [0.25, 0.3) is 5.56 Å². The molecule has 1 saturated heterocycles. The van der Waals surface area contributed by atoms with Crippen molar-refractivity contribution in [1.82, 2.24) is 14.1 Å². The Labute approximate surface area is 199 Å². The fraction of sp³-hybridized carbons (Fsp3) is 0.320. The minimum atomic E-state index is -3.63. The topological polar surface area (TPSA) is 101 Å². The number of hydrogen-bond acceptors (Lipinski definition) is 5. The summed E-state index contributed by atoms with van der Waals surface area (Å²) < 4.78 is 29.2. The molecule has 1 fully saturated rings. The fourth-order valence-corrected chi connectivity index (χ4v) is 5.79. The van der Waals surface area contributed by atoms with Crippen LogP contribution in [0.3, 0.4) is 0 Å². The zero-order chi connectivity index (χ0) is 24.3. The average molecular weight is 481 g/mol. The number of rotatable bonds is 6. The van der Waals surface area contributed by atoms with Gasteiger partial charge in [-0.2, -0.15) is 9.40 Å². The molecule has 178 valence electrons. The van der Waals surface area contributed by atoms with Crippen molar-refractivity contribution in [2.45, 2.75) is 44.0 Å². The molecule has 3 aromatic rings. The Kier molecular flexibility index (Phi) is 6.95. The Morgan fingerprint density at radius 3 is 2.41 bits per heavy atom. The molecule has 1 atom stereocenters. The number of carbonyl (C=O) groups excluding carboxylic acids is 1. The number of nitrogens with zero attached hydrogens (tertiary/aromatic N) is 3. The van der Waals surface area contributed by atoms with Crippen LogP contribution in [0.25, 0.3) is 11.3 Å². The number of sulfonamides is 1. The second kappa shape index (κ2) is 9.90. The van der Waals surface area contributed by atoms with E-state index in [-0.39, 0.29) is 10.8 Å². The van der Waals surface area contributed by atoms with Crippen LogP contribution >= 0.6 is 0 Å². The lowest BCUT2D eigenvalue weighted by Gasteiger charge is -2.26. The Morgan fingerprint density at radius 2 is 1.71 bits per heavy atom. The molecule has 4 rings (SSSR count). The van der Waals surface area contributed by atoms with Gasteiger partial charge in [0.2, 0.25) is 15.9 Å². The number of nitrogens with one attached hydrogen (secondary N) is 1. The van der Waals surface area contributed by atoms with E-state index in [1.54, 1.807) is 62.4 Å². The number of carbonyl (C=O) groups is 1. The van der Waals surface area contributed by atoms with E-state index in [9.17, 15) is 18.0 Å². The first-order chi connectivity index (χ1) is 16.3. The van der Waals surface area contributed by atoms with Crippen LogP contribution in [-0.4, -0.2) is 41.5 Å². The standard InChI is InChI=1S/C25H28N4O4S/c1-18-11-12-20(17-23(18)34(32,33)28-15-7-4-8-16-28)22-13-14-24(30)29(27-22)19(2)25(31)26-21-9-5-3-6-10-21/h3,5-6,9-14,17,19H,4,7-8,15-16H2,1-2H3,(H,26,31). The third-order valence-electron chi connectivity index (χ3n) is 6.03. The van der Waals surface area contributed by atoms with Gasteiger partial charge >= 0.3 is 0 Å². The summed E-state index contributed by atoms with van der Waals surface area (Å²) >= 11 is 0. The highest BCUT2D eigenvalue weighted by Gasteiger charge is 2.28. The Morgan fingerprint density at radius 1 is 1.00 bits per heavy atom. The molecular weight excluding hydrogens is 452 g/mol. The first kappa shape index (κ1) is 23.8. The summed E-state index contributed by atoms with van der Waals surface area (Å²) in [5.74, 6) is -0.379. The van der Waals surface area contributed by atoms with Crippen LogP contribution in [0.15, 0.2) is 70.4 Å². The van der Waals surface area contributed by atoms with E-state index in [1.165, 1.54) is 10.4 Å². The van der Waals surface area contributed by atoms with Crippen molar-refractivity contribution in [2.24, 2.45) is 0 Å². The summed E-state index contributed by atoms with van der Waals surface area (Å²) in [6.45, 7) is 4.40. The quantitative estimate of drug-likeness (QED) is 0.581. The lowest BCUT2D eigenvalue weighted by atomic mass is 10.1. The van der Waals surface area contributed by atoms with Crippen molar-refractivity contribution in [3.63, 3.8) is 0 Å². The van der Waals surface area contributed by atoms with E-state index in [2.05, 4.69) is 10.4 Å². The van der Waals surface area contributed by atoms with E-state index in [1.807, 2.05) is 6.07 Å². The molecule has 0 aliphatic carbocycles. The molecular formula is C25H28N4O4S. The molecule has 2 heterocycles. The van der Waals surface area contributed by atoms with E-state index >= 15 is 0 Å². The smallest absolute Gasteiger partial charge is 0.267 e. The van der Waals surface area contributed by atoms with Gasteiger partial charge in [0.15, 0.2) is 0 Å². The average Bonchev–Trinajstić information content (AvgIpc) is 2.85. The van der Waals surface area contributed by atoms with Gasteiger partial charge in [0, 0.05) is 30.4 Å².